The van der Waals surface area contributed by atoms with Crippen molar-refractivity contribution in [2.45, 2.75) is 134 Å². The smallest absolute Gasteiger partial charge is 0.350 e. The first kappa shape index (κ1) is 51.3. The fourth-order valence-electron chi connectivity index (χ4n) is 11.0. The first-order chi connectivity index (χ1) is 33.1. The van der Waals surface area contributed by atoms with E-state index < -0.39 is 119 Å². The van der Waals surface area contributed by atoms with Crippen LogP contribution in [-0.4, -0.2) is 112 Å². The molecule has 0 aromatic heterocycles. The summed E-state index contributed by atoms with van der Waals surface area (Å²) in [6, 6.07) is 22.7. The van der Waals surface area contributed by atoms with E-state index in [1.807, 2.05) is 0 Å². The summed E-state index contributed by atoms with van der Waals surface area (Å²) in [6.45, 7) is 9.21. The number of fused-ring (bicyclic) bond motifs is 5. The molecule has 0 spiro atoms. The van der Waals surface area contributed by atoms with Crippen LogP contribution in [0.5, 0.6) is 0 Å². The number of hydrogen-bond acceptors (Lipinski definition) is 16. The molecule has 4 aliphatic rings. The minimum absolute atomic E-state index is 0.0410. The first-order valence-corrected chi connectivity index (χ1v) is 23.3. The minimum Gasteiger partial charge on any atom is -0.455 e. The van der Waals surface area contributed by atoms with Gasteiger partial charge in [0.1, 0.15) is 35.7 Å². The molecule has 3 aliphatic carbocycles. The van der Waals surface area contributed by atoms with E-state index in [2.05, 4.69) is 5.32 Å². The summed E-state index contributed by atoms with van der Waals surface area (Å²) in [5.74, 6) is -8.14. The highest BCUT2D eigenvalue weighted by Crippen LogP contribution is 2.64. The quantitative estimate of drug-likeness (QED) is 0.103. The normalized spacial score (nSPS) is 29.4. The fourth-order valence-corrected chi connectivity index (χ4v) is 11.0. The standard InChI is InChI=1S/C53H59NO16/c1-29(55)18-17-25-39(59)68-43(41(33-19-11-8-12-20-33)54-47(61)34-21-13-9-14-22-34)49(63)67-36-27-53(64)46(69-48(62)35-23-15-10-16-24-35)44-51(7,37(58)26-38-52(44,28-65-38)70-32(4)57)45(60)42(66-31(3)56)40(30(36)2)50(53,5)6/h8-16,19-24,36-38,41-44,46,58,64H,17-18,25-28H2,1-7H3,(H,54,61)/t36-,37-,38+,41-,42+,43+,44-,46-,51+,52-,53+/m0/s1. The molecule has 17 nitrogen and oxygen atoms in total. The van der Waals surface area contributed by atoms with Crippen molar-refractivity contribution in [1.82, 2.24) is 5.32 Å². The number of carbonyl (C=O) groups excluding carboxylic acids is 8. The number of amides is 1. The molecule has 7 rings (SSSR count). The van der Waals surface area contributed by atoms with Gasteiger partial charge in [-0.15, -0.1) is 0 Å². The topological polar surface area (TPSA) is 244 Å². The zero-order valence-electron chi connectivity index (χ0n) is 40.1. The van der Waals surface area contributed by atoms with Gasteiger partial charge < -0.3 is 48.7 Å². The molecule has 372 valence electrons. The Bertz CT molecular complexity index is 2560. The van der Waals surface area contributed by atoms with Gasteiger partial charge in [0.25, 0.3) is 5.91 Å². The van der Waals surface area contributed by atoms with Crippen molar-refractivity contribution in [2.75, 3.05) is 6.61 Å². The summed E-state index contributed by atoms with van der Waals surface area (Å²) < 4.78 is 36.7. The minimum atomic E-state index is -2.47. The van der Waals surface area contributed by atoms with Gasteiger partial charge in [-0.1, -0.05) is 80.6 Å². The van der Waals surface area contributed by atoms with Crippen molar-refractivity contribution < 1.29 is 77.0 Å². The van der Waals surface area contributed by atoms with E-state index in [0.29, 0.717) is 5.56 Å². The van der Waals surface area contributed by atoms with Crippen LogP contribution >= 0.6 is 0 Å². The maximum atomic E-state index is 15.7. The molecular formula is C53H59NO16. The second-order valence-electron chi connectivity index (χ2n) is 19.4. The molecule has 3 aromatic rings. The number of aliphatic hydroxyl groups excluding tert-OH is 1. The highest BCUT2D eigenvalue weighted by molar-refractivity contribution is 5.96. The first-order valence-electron chi connectivity index (χ1n) is 23.3. The lowest BCUT2D eigenvalue weighted by Gasteiger charge is -2.67. The zero-order chi connectivity index (χ0) is 50.9. The lowest BCUT2D eigenvalue weighted by Crippen LogP contribution is -2.82. The molecule has 70 heavy (non-hydrogen) atoms. The number of carbonyl (C=O) groups is 8. The number of ketones is 2. The monoisotopic (exact) mass is 965 g/mol. The molecular weight excluding hydrogens is 907 g/mol. The molecule has 3 N–H and O–H groups in total. The third-order valence-electron chi connectivity index (χ3n) is 14.6. The highest BCUT2D eigenvalue weighted by atomic mass is 16.6. The van der Waals surface area contributed by atoms with Crippen molar-refractivity contribution in [2.24, 2.45) is 16.7 Å². The van der Waals surface area contributed by atoms with Crippen molar-refractivity contribution in [1.29, 1.82) is 0 Å². The third kappa shape index (κ3) is 9.41. The summed E-state index contributed by atoms with van der Waals surface area (Å²) in [5, 5.41) is 28.9. The van der Waals surface area contributed by atoms with Crippen LogP contribution in [0.15, 0.2) is 102 Å². The Morgan fingerprint density at radius 2 is 1.40 bits per heavy atom. The Labute approximate surface area is 405 Å². The van der Waals surface area contributed by atoms with E-state index in [-0.39, 0.29) is 60.3 Å². The number of rotatable bonds is 15. The number of ether oxygens (including phenoxy) is 6. The average Bonchev–Trinajstić information content (AvgIpc) is 3.31. The van der Waals surface area contributed by atoms with E-state index in [9.17, 15) is 39.0 Å². The summed E-state index contributed by atoms with van der Waals surface area (Å²) >= 11 is 0. The Hall–Kier alpha value is -6.56. The molecule has 3 fully saturated rings. The van der Waals surface area contributed by atoms with Crippen LogP contribution in [0, 0.1) is 16.7 Å². The second-order valence-corrected chi connectivity index (χ2v) is 19.4. The number of esters is 5. The van der Waals surface area contributed by atoms with Crippen LogP contribution in [0.25, 0.3) is 0 Å². The van der Waals surface area contributed by atoms with Gasteiger partial charge in [0.15, 0.2) is 17.5 Å². The average molecular weight is 966 g/mol. The van der Waals surface area contributed by atoms with Gasteiger partial charge in [-0.05, 0) is 68.2 Å². The maximum Gasteiger partial charge on any atom is 0.350 e. The zero-order valence-corrected chi connectivity index (χ0v) is 40.1. The van der Waals surface area contributed by atoms with Gasteiger partial charge >= 0.3 is 29.8 Å². The van der Waals surface area contributed by atoms with Gasteiger partial charge in [-0.2, -0.15) is 0 Å². The largest absolute Gasteiger partial charge is 0.455 e. The summed E-state index contributed by atoms with van der Waals surface area (Å²) in [4.78, 5) is 111. The molecule has 0 radical (unpaired) electrons. The van der Waals surface area contributed by atoms with Crippen LogP contribution in [0.1, 0.15) is 113 Å². The number of benzene rings is 3. The van der Waals surface area contributed by atoms with Crippen molar-refractivity contribution in [3.05, 3.63) is 119 Å². The Morgan fingerprint density at radius 3 is 1.96 bits per heavy atom. The molecule has 2 saturated carbocycles. The molecule has 2 bridgehead atoms. The third-order valence-corrected chi connectivity index (χ3v) is 14.6. The van der Waals surface area contributed by atoms with Crippen molar-refractivity contribution in [3.63, 3.8) is 0 Å². The van der Waals surface area contributed by atoms with Crippen LogP contribution in [0.4, 0.5) is 0 Å². The fraction of sp³-hybridized carbons (Fsp3) is 0.472. The predicted molar refractivity (Wildman–Crippen MR) is 246 cm³/mol. The molecule has 11 atom stereocenters. The van der Waals surface area contributed by atoms with E-state index >= 15 is 9.59 Å². The van der Waals surface area contributed by atoms with Crippen LogP contribution in [0.2, 0.25) is 0 Å². The van der Waals surface area contributed by atoms with E-state index in [0.717, 1.165) is 13.8 Å². The van der Waals surface area contributed by atoms with Gasteiger partial charge in [-0.3, -0.25) is 24.0 Å². The lowest BCUT2D eigenvalue weighted by molar-refractivity contribution is -0.346. The summed E-state index contributed by atoms with van der Waals surface area (Å²) in [7, 11) is 0. The molecule has 1 saturated heterocycles. The van der Waals surface area contributed by atoms with E-state index in [4.69, 9.17) is 28.4 Å². The van der Waals surface area contributed by atoms with E-state index in [1.54, 1.807) is 92.7 Å². The SMILES string of the molecule is CC(=O)CCCC(=O)O[C@@H](C(=O)O[C@H]1C[C@@]2(O)[C@@H](OC(=O)c3ccccc3)[C@@H]3[C@]4(OC(C)=O)CO[C@@H]4C[C@H](O)[C@@]3(C)C(=O)[C@H](OC(C)=O)C(=C1C)C2(C)C)[C@@H](NC(=O)c1ccccc1)c1ccccc1. The van der Waals surface area contributed by atoms with Gasteiger partial charge in [-0.25, -0.2) is 9.59 Å². The molecule has 3 aromatic carbocycles. The number of hydrogen-bond donors (Lipinski definition) is 3. The Balaban J connectivity index is 1.41. The molecule has 17 heteroatoms. The predicted octanol–water partition coefficient (Wildman–Crippen LogP) is 5.05. The van der Waals surface area contributed by atoms with Gasteiger partial charge in [0, 0.05) is 50.5 Å². The van der Waals surface area contributed by atoms with Crippen LogP contribution < -0.4 is 5.32 Å². The van der Waals surface area contributed by atoms with Gasteiger partial charge in [0.2, 0.25) is 6.10 Å². The summed E-state index contributed by atoms with van der Waals surface area (Å²) in [5.41, 5.74) is -7.46. The Morgan fingerprint density at radius 1 is 0.800 bits per heavy atom. The lowest BCUT2D eigenvalue weighted by atomic mass is 9.44. The number of Topliss-reactive ketones (excluding diaryl/α,β-unsaturated/α-hetero) is 2. The van der Waals surface area contributed by atoms with Gasteiger partial charge in [0.05, 0.1) is 29.6 Å². The summed E-state index contributed by atoms with van der Waals surface area (Å²) in [6.07, 6.45) is -11.0. The Kier molecular flexibility index (Phi) is 14.7. The van der Waals surface area contributed by atoms with Crippen LogP contribution in [-0.2, 0) is 57.2 Å². The molecule has 1 heterocycles. The van der Waals surface area contributed by atoms with Crippen molar-refractivity contribution in [3.8, 4) is 0 Å². The molecule has 0 unspecified atom stereocenters. The van der Waals surface area contributed by atoms with Crippen LogP contribution in [0.3, 0.4) is 0 Å². The number of nitrogens with one attached hydrogen (secondary N) is 1. The molecule has 1 amide bonds. The maximum absolute atomic E-state index is 15.7. The highest BCUT2D eigenvalue weighted by Gasteiger charge is 2.78. The van der Waals surface area contributed by atoms with Crippen molar-refractivity contribution >= 4 is 47.3 Å². The molecule has 1 aliphatic heterocycles. The number of aliphatic hydroxyl groups is 2. The second kappa shape index (κ2) is 20.0. The van der Waals surface area contributed by atoms with E-state index in [1.165, 1.54) is 32.9 Å².